The first-order valence-corrected chi connectivity index (χ1v) is 8.17. The Morgan fingerprint density at radius 2 is 1.88 bits per heavy atom. The minimum absolute atomic E-state index is 0.212. The summed E-state index contributed by atoms with van der Waals surface area (Å²) in [6, 6.07) is 14.1. The van der Waals surface area contributed by atoms with E-state index in [1.165, 1.54) is 30.5 Å². The Morgan fingerprint density at radius 1 is 1.08 bits per heavy atom. The minimum Gasteiger partial charge on any atom is -0.459 e. The number of carbonyl (C=O) groups is 2. The molecular formula is C20H15FN2O3. The second kappa shape index (κ2) is 6.48. The van der Waals surface area contributed by atoms with E-state index in [0.717, 1.165) is 17.7 Å². The highest BCUT2D eigenvalue weighted by Crippen LogP contribution is 2.32. The van der Waals surface area contributed by atoms with Gasteiger partial charge in [-0.05, 0) is 60.5 Å². The Morgan fingerprint density at radius 3 is 2.62 bits per heavy atom. The van der Waals surface area contributed by atoms with E-state index in [1.807, 2.05) is 6.07 Å². The van der Waals surface area contributed by atoms with Crippen LogP contribution in [0.3, 0.4) is 0 Å². The van der Waals surface area contributed by atoms with Crippen molar-refractivity contribution in [3.63, 3.8) is 0 Å². The molecule has 0 bridgehead atoms. The fraction of sp³-hybridized carbons (Fsp3) is 0.100. The van der Waals surface area contributed by atoms with Crippen LogP contribution in [0.15, 0.2) is 65.3 Å². The van der Waals surface area contributed by atoms with Crippen LogP contribution in [0.1, 0.15) is 26.5 Å². The van der Waals surface area contributed by atoms with Gasteiger partial charge in [-0.15, -0.1) is 0 Å². The summed E-state index contributed by atoms with van der Waals surface area (Å²) >= 11 is 0. The molecule has 26 heavy (non-hydrogen) atoms. The van der Waals surface area contributed by atoms with Crippen LogP contribution in [0.25, 0.3) is 0 Å². The lowest BCUT2D eigenvalue weighted by Crippen LogP contribution is -2.28. The smallest absolute Gasteiger partial charge is 0.293 e. The number of nitrogens with one attached hydrogen (secondary N) is 1. The quantitative estimate of drug-likeness (QED) is 0.780. The van der Waals surface area contributed by atoms with E-state index >= 15 is 0 Å². The number of nitrogens with zero attached hydrogens (tertiary/aromatic N) is 1. The summed E-state index contributed by atoms with van der Waals surface area (Å²) in [5.41, 5.74) is 2.71. The fourth-order valence-electron chi connectivity index (χ4n) is 3.01. The molecule has 4 rings (SSSR count). The molecule has 1 aromatic heterocycles. The number of halogens is 1. The molecule has 1 aliphatic heterocycles. The number of hydrogen-bond acceptors (Lipinski definition) is 3. The third-order valence-electron chi connectivity index (χ3n) is 4.32. The van der Waals surface area contributed by atoms with E-state index in [0.29, 0.717) is 17.8 Å². The minimum atomic E-state index is -0.397. The van der Waals surface area contributed by atoms with Crippen molar-refractivity contribution in [3.05, 3.63) is 83.6 Å². The van der Waals surface area contributed by atoms with Crippen LogP contribution in [-0.2, 0) is 6.42 Å². The SMILES string of the molecule is O=C(Nc1ccc2c(c1)N(C(=O)c1ccco1)CC2)c1ccc(F)cc1. The number of anilines is 2. The molecule has 0 aliphatic carbocycles. The summed E-state index contributed by atoms with van der Waals surface area (Å²) < 4.78 is 18.2. The third-order valence-corrected chi connectivity index (χ3v) is 4.32. The van der Waals surface area contributed by atoms with Crippen molar-refractivity contribution in [2.24, 2.45) is 0 Å². The number of amides is 2. The van der Waals surface area contributed by atoms with E-state index < -0.39 is 5.82 Å². The lowest BCUT2D eigenvalue weighted by Gasteiger charge is -2.17. The van der Waals surface area contributed by atoms with E-state index in [2.05, 4.69) is 5.32 Å². The second-order valence-corrected chi connectivity index (χ2v) is 5.99. The van der Waals surface area contributed by atoms with E-state index in [9.17, 15) is 14.0 Å². The maximum atomic E-state index is 13.0. The van der Waals surface area contributed by atoms with Gasteiger partial charge in [0.2, 0.25) is 0 Å². The molecule has 3 aromatic rings. The Labute approximate surface area is 149 Å². The van der Waals surface area contributed by atoms with E-state index in [4.69, 9.17) is 4.42 Å². The van der Waals surface area contributed by atoms with Gasteiger partial charge in [-0.2, -0.15) is 0 Å². The molecule has 130 valence electrons. The van der Waals surface area contributed by atoms with Gasteiger partial charge in [0.25, 0.3) is 11.8 Å². The topological polar surface area (TPSA) is 62.6 Å². The Balaban J connectivity index is 1.57. The highest BCUT2D eigenvalue weighted by molar-refractivity contribution is 6.07. The molecule has 0 saturated heterocycles. The predicted octanol–water partition coefficient (Wildman–Crippen LogP) is 3.87. The fourth-order valence-corrected chi connectivity index (χ4v) is 3.01. The van der Waals surface area contributed by atoms with Crippen molar-refractivity contribution in [2.75, 3.05) is 16.8 Å². The first kappa shape index (κ1) is 16.1. The normalized spacial score (nSPS) is 12.7. The van der Waals surface area contributed by atoms with Gasteiger partial charge in [0, 0.05) is 23.5 Å². The van der Waals surface area contributed by atoms with Gasteiger partial charge in [-0.1, -0.05) is 6.07 Å². The monoisotopic (exact) mass is 350 g/mol. The second-order valence-electron chi connectivity index (χ2n) is 5.99. The van der Waals surface area contributed by atoms with Gasteiger partial charge in [-0.3, -0.25) is 9.59 Å². The van der Waals surface area contributed by atoms with Gasteiger partial charge in [-0.25, -0.2) is 4.39 Å². The maximum absolute atomic E-state index is 13.0. The predicted molar refractivity (Wildman–Crippen MR) is 94.9 cm³/mol. The molecule has 2 amide bonds. The van der Waals surface area contributed by atoms with Gasteiger partial charge < -0.3 is 14.6 Å². The summed E-state index contributed by atoms with van der Waals surface area (Å²) in [5.74, 6) is -0.674. The van der Waals surface area contributed by atoms with Crippen LogP contribution < -0.4 is 10.2 Å². The maximum Gasteiger partial charge on any atom is 0.293 e. The molecule has 2 aromatic carbocycles. The summed E-state index contributed by atoms with van der Waals surface area (Å²) in [6.45, 7) is 0.560. The van der Waals surface area contributed by atoms with Crippen LogP contribution in [0.4, 0.5) is 15.8 Å². The van der Waals surface area contributed by atoms with Crippen LogP contribution >= 0.6 is 0 Å². The van der Waals surface area contributed by atoms with E-state index in [-0.39, 0.29) is 17.6 Å². The first-order valence-electron chi connectivity index (χ1n) is 8.17. The zero-order chi connectivity index (χ0) is 18.1. The number of carbonyl (C=O) groups excluding carboxylic acids is 2. The molecule has 6 heteroatoms. The summed E-state index contributed by atoms with van der Waals surface area (Å²) in [7, 11) is 0. The number of benzene rings is 2. The van der Waals surface area contributed by atoms with Crippen molar-refractivity contribution in [1.29, 1.82) is 0 Å². The third kappa shape index (κ3) is 2.97. The van der Waals surface area contributed by atoms with Gasteiger partial charge in [0.15, 0.2) is 5.76 Å². The van der Waals surface area contributed by atoms with Crippen molar-refractivity contribution in [3.8, 4) is 0 Å². The number of hydrogen-bond donors (Lipinski definition) is 1. The molecule has 0 radical (unpaired) electrons. The lowest BCUT2D eigenvalue weighted by molar-refractivity contribution is 0.0962. The average Bonchev–Trinajstić information content (AvgIpc) is 3.31. The Bertz CT molecular complexity index is 965. The van der Waals surface area contributed by atoms with Crippen molar-refractivity contribution >= 4 is 23.2 Å². The molecule has 1 N–H and O–H groups in total. The molecule has 0 spiro atoms. The van der Waals surface area contributed by atoms with Gasteiger partial charge >= 0.3 is 0 Å². The lowest BCUT2D eigenvalue weighted by atomic mass is 10.1. The molecule has 0 saturated carbocycles. The molecule has 0 atom stereocenters. The number of rotatable bonds is 3. The van der Waals surface area contributed by atoms with Gasteiger partial charge in [0.05, 0.1) is 6.26 Å². The zero-order valence-electron chi connectivity index (χ0n) is 13.7. The molecule has 5 nitrogen and oxygen atoms in total. The highest BCUT2D eigenvalue weighted by atomic mass is 19.1. The molecule has 0 unspecified atom stereocenters. The standard InChI is InChI=1S/C20H15FN2O3/c21-15-6-3-14(4-7-15)19(24)22-16-8-5-13-9-10-23(17(13)12-16)20(25)18-2-1-11-26-18/h1-8,11-12H,9-10H2,(H,22,24). The molecular weight excluding hydrogens is 335 g/mol. The molecule has 1 aliphatic rings. The van der Waals surface area contributed by atoms with Crippen LogP contribution in [-0.4, -0.2) is 18.4 Å². The summed E-state index contributed by atoms with van der Waals surface area (Å²) in [4.78, 5) is 26.5. The summed E-state index contributed by atoms with van der Waals surface area (Å²) in [6.07, 6.45) is 2.21. The summed E-state index contributed by atoms with van der Waals surface area (Å²) in [5, 5.41) is 2.78. The highest BCUT2D eigenvalue weighted by Gasteiger charge is 2.27. The largest absolute Gasteiger partial charge is 0.459 e. The Hall–Kier alpha value is -3.41. The van der Waals surface area contributed by atoms with Crippen LogP contribution in [0.2, 0.25) is 0 Å². The van der Waals surface area contributed by atoms with Crippen molar-refractivity contribution in [1.82, 2.24) is 0 Å². The van der Waals surface area contributed by atoms with E-state index in [1.54, 1.807) is 29.2 Å². The molecule has 2 heterocycles. The zero-order valence-corrected chi connectivity index (χ0v) is 13.7. The van der Waals surface area contributed by atoms with Crippen molar-refractivity contribution < 1.29 is 18.4 Å². The number of fused-ring (bicyclic) bond motifs is 1. The number of furan rings is 1. The first-order chi connectivity index (χ1) is 12.6. The molecule has 0 fully saturated rings. The Kier molecular flexibility index (Phi) is 4.01. The van der Waals surface area contributed by atoms with Gasteiger partial charge in [0.1, 0.15) is 5.82 Å². The van der Waals surface area contributed by atoms with Crippen LogP contribution in [0, 0.1) is 5.82 Å². The average molecular weight is 350 g/mol. The van der Waals surface area contributed by atoms with Crippen molar-refractivity contribution in [2.45, 2.75) is 6.42 Å². The van der Waals surface area contributed by atoms with Crippen LogP contribution in [0.5, 0.6) is 0 Å².